The molecular weight excluding hydrogens is 560 g/mol. The van der Waals surface area contributed by atoms with Crippen LogP contribution in [0.25, 0.3) is 0 Å². The summed E-state index contributed by atoms with van der Waals surface area (Å²) in [6, 6.07) is 11.4. The van der Waals surface area contributed by atoms with Crippen molar-refractivity contribution in [1.29, 1.82) is 0 Å². The van der Waals surface area contributed by atoms with Crippen molar-refractivity contribution in [2.45, 2.75) is 70.3 Å². The van der Waals surface area contributed by atoms with Crippen LogP contribution in [0.4, 0.5) is 5.69 Å². The number of aryl methyl sites for hydroxylation is 1. The zero-order chi connectivity index (χ0) is 28.9. The first-order valence-corrected chi connectivity index (χ1v) is 17.1. The van der Waals surface area contributed by atoms with E-state index < -0.39 is 22.0 Å². The minimum Gasteiger partial charge on any atom is -0.490 e. The average Bonchev–Trinajstić information content (AvgIpc) is 3.02. The number of halogens is 1. The number of fused-ring (bicyclic) bond motifs is 4. The number of aliphatic hydroxyl groups is 1. The maximum Gasteiger partial charge on any atom is 0.264 e. The molecule has 2 aliphatic carbocycles. The summed E-state index contributed by atoms with van der Waals surface area (Å²) < 4.78 is 34.7. The lowest BCUT2D eigenvalue weighted by atomic mass is 9.67. The number of aliphatic hydroxyl groups excluding tert-OH is 1. The lowest BCUT2D eigenvalue weighted by Crippen LogP contribution is -2.49. The van der Waals surface area contributed by atoms with Gasteiger partial charge in [-0.25, -0.2) is 13.1 Å². The predicted octanol–water partition coefficient (Wildman–Crippen LogP) is 5.33. The Balaban J connectivity index is 1.41. The maximum absolute atomic E-state index is 13.2. The van der Waals surface area contributed by atoms with Gasteiger partial charge in [0, 0.05) is 29.1 Å². The average molecular weight is 601 g/mol. The van der Waals surface area contributed by atoms with Gasteiger partial charge in [-0.2, -0.15) is 0 Å². The Morgan fingerprint density at radius 1 is 1.10 bits per heavy atom. The van der Waals surface area contributed by atoms with Crippen LogP contribution >= 0.6 is 11.6 Å². The van der Waals surface area contributed by atoms with Crippen LogP contribution in [0.3, 0.4) is 0 Å². The van der Waals surface area contributed by atoms with Crippen LogP contribution in [-0.2, 0) is 21.9 Å². The third kappa shape index (κ3) is 5.84. The molecule has 1 spiro atoms. The Hall–Kier alpha value is -2.29. The third-order valence-corrected chi connectivity index (χ3v) is 11.7. The minimum absolute atomic E-state index is 0.128. The first-order chi connectivity index (χ1) is 19.5. The summed E-state index contributed by atoms with van der Waals surface area (Å²) in [6.07, 6.45) is 5.96. The molecule has 1 fully saturated rings. The van der Waals surface area contributed by atoms with Crippen molar-refractivity contribution in [3.05, 3.63) is 58.1 Å². The molecule has 4 aliphatic rings. The number of amides is 1. The van der Waals surface area contributed by atoms with E-state index in [9.17, 15) is 18.3 Å². The number of benzene rings is 2. The van der Waals surface area contributed by atoms with Gasteiger partial charge in [-0.05, 0) is 110 Å². The van der Waals surface area contributed by atoms with Crippen molar-refractivity contribution in [1.82, 2.24) is 4.72 Å². The van der Waals surface area contributed by atoms with Gasteiger partial charge in [0.05, 0.1) is 24.2 Å². The standard InChI is InChI=1S/C32H41ClN2O5S/c1-20-12-21(2)17-41(38,39)34-31(37)23-6-10-30-28(15-23)35(16-24-5-8-26(24)29(36)13-20)18-32(19-40-30)11-3-4-22-14-25(33)7-9-27(22)32/h6-7,9-10,14-15,20-21,24,26,29,36H,3-5,8,11-13,16-19H2,1-2H3,(H,34,37)/t20-,21-,24+,26-,29+,32+/m1/s1. The molecule has 1 amide bonds. The van der Waals surface area contributed by atoms with E-state index in [2.05, 4.69) is 28.7 Å². The minimum atomic E-state index is -3.82. The Bertz CT molecular complexity index is 1430. The number of carbonyl (C=O) groups is 1. The fraction of sp³-hybridized carbons (Fsp3) is 0.594. The predicted molar refractivity (Wildman–Crippen MR) is 161 cm³/mol. The first kappa shape index (κ1) is 28.8. The number of ether oxygens (including phenoxy) is 1. The van der Waals surface area contributed by atoms with Crippen LogP contribution in [0.15, 0.2) is 36.4 Å². The molecule has 2 aromatic rings. The van der Waals surface area contributed by atoms with E-state index in [0.29, 0.717) is 43.2 Å². The van der Waals surface area contributed by atoms with Gasteiger partial charge in [-0.3, -0.25) is 4.79 Å². The largest absolute Gasteiger partial charge is 0.490 e. The molecule has 2 heterocycles. The summed E-state index contributed by atoms with van der Waals surface area (Å²) in [5, 5.41) is 12.0. The number of sulfonamides is 1. The van der Waals surface area contributed by atoms with Gasteiger partial charge in [0.1, 0.15) is 5.75 Å². The Morgan fingerprint density at radius 3 is 2.71 bits per heavy atom. The van der Waals surface area contributed by atoms with E-state index in [4.69, 9.17) is 16.3 Å². The molecule has 2 N–H and O–H groups in total. The van der Waals surface area contributed by atoms with Crippen molar-refractivity contribution in [2.24, 2.45) is 23.7 Å². The Morgan fingerprint density at radius 2 is 1.93 bits per heavy atom. The molecule has 1 saturated carbocycles. The van der Waals surface area contributed by atoms with E-state index in [0.717, 1.165) is 49.4 Å². The summed E-state index contributed by atoms with van der Waals surface area (Å²) in [5.74, 6) is 0.536. The Kier molecular flexibility index (Phi) is 7.79. The SMILES string of the molecule is C[C@@H]1C[C@@H](C)CS(=O)(=O)NC(=O)c2ccc3c(c2)N(C[C@@H]2CC[C@H]2[C@@H](O)C1)C[C@@]1(CCCc2cc(Cl)ccc21)CO3. The van der Waals surface area contributed by atoms with E-state index in [1.807, 2.05) is 13.0 Å². The number of anilines is 1. The van der Waals surface area contributed by atoms with Crippen LogP contribution in [0.5, 0.6) is 5.75 Å². The third-order valence-electron chi connectivity index (χ3n) is 9.93. The molecule has 2 aliphatic heterocycles. The molecule has 2 aromatic carbocycles. The second-order valence-electron chi connectivity index (χ2n) is 13.3. The molecule has 222 valence electrons. The molecular formula is C32H41ClN2O5S. The molecule has 6 atom stereocenters. The highest BCUT2D eigenvalue weighted by Crippen LogP contribution is 2.47. The number of rotatable bonds is 0. The van der Waals surface area contributed by atoms with E-state index >= 15 is 0 Å². The van der Waals surface area contributed by atoms with E-state index in [-0.39, 0.29) is 28.9 Å². The summed E-state index contributed by atoms with van der Waals surface area (Å²) in [6.45, 7) is 5.95. The molecule has 0 unspecified atom stereocenters. The van der Waals surface area contributed by atoms with Crippen LogP contribution in [-0.4, -0.2) is 51.0 Å². The normalized spacial score (nSPS) is 33.4. The van der Waals surface area contributed by atoms with Gasteiger partial charge >= 0.3 is 0 Å². The molecule has 0 aromatic heterocycles. The van der Waals surface area contributed by atoms with Crippen molar-refractivity contribution >= 4 is 33.2 Å². The quantitative estimate of drug-likeness (QED) is 0.425. The second-order valence-corrected chi connectivity index (χ2v) is 15.5. The van der Waals surface area contributed by atoms with Gasteiger partial charge in [0.15, 0.2) is 0 Å². The molecule has 41 heavy (non-hydrogen) atoms. The molecule has 0 saturated heterocycles. The molecule has 9 heteroatoms. The van der Waals surface area contributed by atoms with Crippen LogP contribution < -0.4 is 14.4 Å². The molecule has 2 bridgehead atoms. The zero-order valence-electron chi connectivity index (χ0n) is 23.9. The lowest BCUT2D eigenvalue weighted by Gasteiger charge is -2.46. The number of nitrogens with one attached hydrogen (secondary N) is 1. The van der Waals surface area contributed by atoms with Crippen molar-refractivity contribution in [2.75, 3.05) is 30.3 Å². The summed E-state index contributed by atoms with van der Waals surface area (Å²) in [5.41, 5.74) is 3.39. The van der Waals surface area contributed by atoms with Crippen LogP contribution in [0, 0.1) is 23.7 Å². The van der Waals surface area contributed by atoms with Crippen molar-refractivity contribution in [3.8, 4) is 5.75 Å². The van der Waals surface area contributed by atoms with E-state index in [1.165, 1.54) is 11.1 Å². The number of carbonyl (C=O) groups excluding carboxylic acids is 1. The first-order valence-electron chi connectivity index (χ1n) is 15.1. The maximum atomic E-state index is 13.2. The number of hydrogen-bond donors (Lipinski definition) is 2. The lowest BCUT2D eigenvalue weighted by molar-refractivity contribution is 0.000591. The van der Waals surface area contributed by atoms with Gasteiger partial charge in [0.25, 0.3) is 5.91 Å². The summed E-state index contributed by atoms with van der Waals surface area (Å²) in [4.78, 5) is 15.6. The van der Waals surface area contributed by atoms with Gasteiger partial charge in [0.2, 0.25) is 10.0 Å². The van der Waals surface area contributed by atoms with Gasteiger partial charge in [-0.1, -0.05) is 31.5 Å². The number of hydrogen-bond acceptors (Lipinski definition) is 6. The topological polar surface area (TPSA) is 95.9 Å². The molecule has 7 nitrogen and oxygen atoms in total. The van der Waals surface area contributed by atoms with Gasteiger partial charge < -0.3 is 14.7 Å². The van der Waals surface area contributed by atoms with Gasteiger partial charge in [-0.15, -0.1) is 0 Å². The highest BCUT2D eigenvalue weighted by Gasteiger charge is 2.44. The van der Waals surface area contributed by atoms with E-state index in [1.54, 1.807) is 18.2 Å². The zero-order valence-corrected chi connectivity index (χ0v) is 25.5. The highest BCUT2D eigenvalue weighted by molar-refractivity contribution is 7.90. The number of nitrogens with zero attached hydrogens (tertiary/aromatic N) is 1. The monoisotopic (exact) mass is 600 g/mol. The Labute approximate surface area is 248 Å². The second kappa shape index (κ2) is 11.1. The smallest absolute Gasteiger partial charge is 0.264 e. The molecule has 0 radical (unpaired) electrons. The van der Waals surface area contributed by atoms with Crippen molar-refractivity contribution < 1.29 is 23.1 Å². The highest BCUT2D eigenvalue weighted by atomic mass is 35.5. The molecule has 6 rings (SSSR count). The van der Waals surface area contributed by atoms with Crippen LogP contribution in [0.1, 0.15) is 73.9 Å². The fourth-order valence-corrected chi connectivity index (χ4v) is 9.48. The van der Waals surface area contributed by atoms with Crippen LogP contribution in [0.2, 0.25) is 5.02 Å². The van der Waals surface area contributed by atoms with Crippen molar-refractivity contribution in [3.63, 3.8) is 0 Å². The summed E-state index contributed by atoms with van der Waals surface area (Å²) in [7, 11) is -3.82. The fourth-order valence-electron chi connectivity index (χ4n) is 7.92. The summed E-state index contributed by atoms with van der Waals surface area (Å²) >= 11 is 6.38.